The van der Waals surface area contributed by atoms with Crippen molar-refractivity contribution in [3.05, 3.63) is 52.6 Å². The van der Waals surface area contributed by atoms with E-state index in [0.717, 1.165) is 5.56 Å². The molecule has 0 saturated carbocycles. The summed E-state index contributed by atoms with van der Waals surface area (Å²) in [4.78, 5) is 24.9. The Morgan fingerprint density at radius 3 is 2.25 bits per heavy atom. The minimum absolute atomic E-state index is 0.0945. The van der Waals surface area contributed by atoms with E-state index in [9.17, 15) is 18.0 Å². The number of methoxy groups -OCH3 is 2. The zero-order chi connectivity index (χ0) is 23.6. The second kappa shape index (κ2) is 9.30. The average molecular weight is 462 g/mol. The molecule has 0 bridgehead atoms. The van der Waals surface area contributed by atoms with Gasteiger partial charge in [-0.3, -0.25) is 0 Å². The van der Waals surface area contributed by atoms with Gasteiger partial charge in [-0.15, -0.1) is 0 Å². The van der Waals surface area contributed by atoms with Gasteiger partial charge in [-0.25, -0.2) is 18.0 Å². The fraction of sp³-hybridized carbons (Fsp3) is 0.391. The van der Waals surface area contributed by atoms with Gasteiger partial charge < -0.3 is 14.2 Å². The summed E-state index contributed by atoms with van der Waals surface area (Å²) >= 11 is 0. The fourth-order valence-electron chi connectivity index (χ4n) is 4.13. The maximum Gasteiger partial charge on any atom is 0.337 e. The summed E-state index contributed by atoms with van der Waals surface area (Å²) in [5, 5.41) is 0. The maximum atomic E-state index is 13.5. The van der Waals surface area contributed by atoms with Crippen LogP contribution in [0.4, 0.5) is 0 Å². The monoisotopic (exact) mass is 461 g/mol. The minimum Gasteiger partial charge on any atom is -0.493 e. The second-order valence-electron chi connectivity index (χ2n) is 7.78. The van der Waals surface area contributed by atoms with Crippen LogP contribution in [0.25, 0.3) is 0 Å². The molecule has 2 aromatic rings. The lowest BCUT2D eigenvalue weighted by molar-refractivity contribution is -0.138. The van der Waals surface area contributed by atoms with E-state index < -0.39 is 28.0 Å². The van der Waals surface area contributed by atoms with Gasteiger partial charge >= 0.3 is 11.9 Å². The Balaban J connectivity index is 1.89. The van der Waals surface area contributed by atoms with Crippen LogP contribution in [0.3, 0.4) is 0 Å². The number of carbonyl (C=O) groups is 2. The number of rotatable bonds is 6. The van der Waals surface area contributed by atoms with Crippen LogP contribution in [0.5, 0.6) is 11.5 Å². The molecule has 3 rings (SSSR count). The van der Waals surface area contributed by atoms with Crippen molar-refractivity contribution < 1.29 is 32.2 Å². The highest BCUT2D eigenvalue weighted by molar-refractivity contribution is 7.89. The predicted molar refractivity (Wildman–Crippen MR) is 118 cm³/mol. The van der Waals surface area contributed by atoms with Crippen molar-refractivity contribution in [2.75, 3.05) is 20.8 Å². The molecule has 9 heteroatoms. The summed E-state index contributed by atoms with van der Waals surface area (Å²) < 4.78 is 43.6. The van der Waals surface area contributed by atoms with E-state index in [4.69, 9.17) is 9.47 Å². The van der Waals surface area contributed by atoms with E-state index in [1.807, 2.05) is 19.1 Å². The van der Waals surface area contributed by atoms with Gasteiger partial charge in [0.05, 0.1) is 24.7 Å². The molecule has 1 heterocycles. The second-order valence-corrected chi connectivity index (χ2v) is 9.61. The van der Waals surface area contributed by atoms with Crippen LogP contribution in [-0.2, 0) is 19.6 Å². The van der Waals surface area contributed by atoms with Crippen molar-refractivity contribution in [1.82, 2.24) is 4.31 Å². The Morgan fingerprint density at radius 2 is 1.66 bits per heavy atom. The average Bonchev–Trinajstić information content (AvgIpc) is 3.23. The van der Waals surface area contributed by atoms with Gasteiger partial charge in [0.25, 0.3) is 0 Å². The number of carbonyl (C=O) groups excluding carboxylic acids is 2. The quantitative estimate of drug-likeness (QED) is 0.481. The van der Waals surface area contributed by atoms with E-state index in [-0.39, 0.29) is 28.5 Å². The first-order valence-electron chi connectivity index (χ1n) is 10.2. The van der Waals surface area contributed by atoms with Crippen LogP contribution in [0.1, 0.15) is 39.9 Å². The Kier molecular flexibility index (Phi) is 6.90. The van der Waals surface area contributed by atoms with Gasteiger partial charge in [-0.05, 0) is 62.9 Å². The van der Waals surface area contributed by atoms with Crippen molar-refractivity contribution in [3.63, 3.8) is 0 Å². The first kappa shape index (κ1) is 23.7. The number of hydrogen-bond acceptors (Lipinski definition) is 7. The highest BCUT2D eigenvalue weighted by Crippen LogP contribution is 2.33. The summed E-state index contributed by atoms with van der Waals surface area (Å²) in [6.45, 7) is 5.65. The highest BCUT2D eigenvalue weighted by Gasteiger charge is 2.42. The third-order valence-corrected chi connectivity index (χ3v) is 7.66. The molecule has 8 nitrogen and oxygen atoms in total. The zero-order valence-corrected chi connectivity index (χ0v) is 19.6. The third kappa shape index (κ3) is 4.49. The van der Waals surface area contributed by atoms with Gasteiger partial charge in [0, 0.05) is 6.54 Å². The molecule has 1 saturated heterocycles. The molecule has 1 atom stereocenters. The highest BCUT2D eigenvalue weighted by atomic mass is 32.2. The molecule has 32 heavy (non-hydrogen) atoms. The van der Waals surface area contributed by atoms with Crippen LogP contribution in [0.15, 0.2) is 35.2 Å². The summed E-state index contributed by atoms with van der Waals surface area (Å²) in [5.74, 6) is -0.994. The predicted octanol–water partition coefficient (Wildman–Crippen LogP) is 3.17. The van der Waals surface area contributed by atoms with Gasteiger partial charge in [-0.1, -0.05) is 17.7 Å². The van der Waals surface area contributed by atoms with Gasteiger partial charge in [0.2, 0.25) is 10.0 Å². The summed E-state index contributed by atoms with van der Waals surface area (Å²) in [6.07, 6.45) is 0.895. The smallest absolute Gasteiger partial charge is 0.337 e. The lowest BCUT2D eigenvalue weighted by atomic mass is 10.1. The first-order valence-corrected chi connectivity index (χ1v) is 11.6. The van der Waals surface area contributed by atoms with E-state index in [0.29, 0.717) is 24.0 Å². The Labute approximate surface area is 188 Å². The normalized spacial score (nSPS) is 16.6. The lowest BCUT2D eigenvalue weighted by Crippen LogP contribution is -2.42. The molecule has 1 aliphatic rings. The zero-order valence-electron chi connectivity index (χ0n) is 18.8. The topological polar surface area (TPSA) is 99.2 Å². The molecule has 2 aromatic carbocycles. The third-order valence-electron chi connectivity index (χ3n) is 5.44. The molecule has 0 amide bonds. The molecule has 0 aromatic heterocycles. The molecule has 0 N–H and O–H groups in total. The van der Waals surface area contributed by atoms with Crippen LogP contribution >= 0.6 is 0 Å². The minimum atomic E-state index is -3.90. The van der Waals surface area contributed by atoms with Gasteiger partial charge in [-0.2, -0.15) is 4.31 Å². The van der Waals surface area contributed by atoms with E-state index in [2.05, 4.69) is 4.74 Å². The van der Waals surface area contributed by atoms with Crippen LogP contribution in [-0.4, -0.2) is 51.5 Å². The molecule has 0 aliphatic carbocycles. The summed E-state index contributed by atoms with van der Waals surface area (Å²) in [6, 6.07) is 6.94. The van der Waals surface area contributed by atoms with Crippen LogP contribution in [0.2, 0.25) is 0 Å². The van der Waals surface area contributed by atoms with Crippen molar-refractivity contribution in [3.8, 4) is 11.5 Å². The Hall–Kier alpha value is -2.91. The van der Waals surface area contributed by atoms with Gasteiger partial charge in [0.15, 0.2) is 11.5 Å². The van der Waals surface area contributed by atoms with Gasteiger partial charge in [0.1, 0.15) is 6.04 Å². The van der Waals surface area contributed by atoms with Crippen molar-refractivity contribution in [2.45, 2.75) is 44.6 Å². The molecule has 0 radical (unpaired) electrons. The molecule has 1 unspecified atom stereocenters. The number of aryl methyl sites for hydroxylation is 3. The Morgan fingerprint density at radius 1 is 1.00 bits per heavy atom. The number of esters is 2. The maximum absolute atomic E-state index is 13.5. The molecular weight excluding hydrogens is 434 g/mol. The Bertz CT molecular complexity index is 1130. The number of sulfonamides is 1. The molecule has 0 spiro atoms. The van der Waals surface area contributed by atoms with Crippen LogP contribution in [0, 0.1) is 20.8 Å². The summed E-state index contributed by atoms with van der Waals surface area (Å²) in [7, 11) is -1.26. The lowest BCUT2D eigenvalue weighted by Gasteiger charge is -2.25. The van der Waals surface area contributed by atoms with E-state index in [1.165, 1.54) is 36.7 Å². The van der Waals surface area contributed by atoms with E-state index in [1.54, 1.807) is 13.8 Å². The number of ether oxygens (including phenoxy) is 3. The van der Waals surface area contributed by atoms with E-state index >= 15 is 0 Å². The standard InChI is InChI=1S/C23H27NO7S/c1-14-11-15(2)21(16(3)12-14)32(27,28)24-10-6-7-18(24)23(26)31-19-9-8-17(22(25)30-5)13-20(19)29-4/h8-9,11-13,18H,6-7,10H2,1-5H3. The van der Waals surface area contributed by atoms with Crippen molar-refractivity contribution in [1.29, 1.82) is 0 Å². The van der Waals surface area contributed by atoms with Crippen molar-refractivity contribution >= 4 is 22.0 Å². The summed E-state index contributed by atoms with van der Waals surface area (Å²) in [5.41, 5.74) is 2.49. The number of benzene rings is 2. The number of hydrogen-bond donors (Lipinski definition) is 0. The SMILES string of the molecule is COC(=O)c1ccc(OC(=O)C2CCCN2S(=O)(=O)c2c(C)cc(C)cc2C)c(OC)c1. The molecule has 1 aliphatic heterocycles. The molecule has 1 fully saturated rings. The van der Waals surface area contributed by atoms with Crippen molar-refractivity contribution in [2.24, 2.45) is 0 Å². The number of nitrogens with zero attached hydrogens (tertiary/aromatic N) is 1. The van der Waals surface area contributed by atoms with Crippen LogP contribution < -0.4 is 9.47 Å². The molecule has 172 valence electrons. The fourth-order valence-corrected chi connectivity index (χ4v) is 6.19. The first-order chi connectivity index (χ1) is 15.1. The largest absolute Gasteiger partial charge is 0.493 e. The molecular formula is C23H27NO7S.